The summed E-state index contributed by atoms with van der Waals surface area (Å²) in [7, 11) is 0. The molecule has 0 bridgehead atoms. The third-order valence-corrected chi connectivity index (χ3v) is 3.71. The van der Waals surface area contributed by atoms with Crippen LogP contribution in [0.2, 0.25) is 0 Å². The van der Waals surface area contributed by atoms with Crippen molar-refractivity contribution >= 4 is 18.1 Å². The van der Waals surface area contributed by atoms with Gasteiger partial charge in [0.15, 0.2) is 4.77 Å². The van der Waals surface area contributed by atoms with Gasteiger partial charge >= 0.3 is 0 Å². The molecule has 2 N–H and O–H groups in total. The Balaban J connectivity index is 1.88. The van der Waals surface area contributed by atoms with Crippen LogP contribution in [0.5, 0.6) is 0 Å². The van der Waals surface area contributed by atoms with Gasteiger partial charge in [-0.2, -0.15) is 0 Å². The quantitative estimate of drug-likeness (QED) is 0.721. The van der Waals surface area contributed by atoms with Crippen LogP contribution in [0, 0.1) is 11.7 Å². The second-order valence-corrected chi connectivity index (χ2v) is 5.35. The third kappa shape index (κ3) is 2.84. The summed E-state index contributed by atoms with van der Waals surface area (Å²) in [5.41, 5.74) is 6.22. The first kappa shape index (κ1) is 14.3. The lowest BCUT2D eigenvalue weighted by Crippen LogP contribution is -2.23. The highest BCUT2D eigenvalue weighted by Gasteiger charge is 2.10. The number of aromatic amines is 1. The fraction of sp³-hybridized carbons (Fsp3) is 0.0588. The van der Waals surface area contributed by atoms with E-state index >= 15 is 0 Å². The number of rotatable bonds is 3. The van der Waals surface area contributed by atoms with E-state index in [4.69, 9.17) is 12.2 Å². The Morgan fingerprint density at radius 1 is 1.09 bits per heavy atom. The lowest BCUT2D eigenvalue weighted by Gasteiger charge is -2.07. The normalized spacial score (nSPS) is 10.4. The molecule has 0 radical (unpaired) electrons. The topological polar surface area (TPSA) is 49.8 Å². The highest BCUT2D eigenvalue weighted by atomic mass is 32.1. The largest absolute Gasteiger partial charge is 0.329 e. The molecule has 0 aliphatic heterocycles. The Morgan fingerprint density at radius 3 is 2.50 bits per heavy atom. The number of carbonyl (C=O) groups excluding carboxylic acids is 1. The van der Waals surface area contributed by atoms with Crippen molar-refractivity contribution in [3.8, 4) is 11.3 Å². The summed E-state index contributed by atoms with van der Waals surface area (Å²) >= 11 is 5.27. The van der Waals surface area contributed by atoms with Gasteiger partial charge in [-0.3, -0.25) is 10.2 Å². The van der Waals surface area contributed by atoms with Crippen LogP contribution in [0.4, 0.5) is 0 Å². The van der Waals surface area contributed by atoms with E-state index in [9.17, 15) is 4.79 Å². The van der Waals surface area contributed by atoms with Crippen molar-refractivity contribution in [2.45, 2.75) is 6.92 Å². The average molecular weight is 309 g/mol. The summed E-state index contributed by atoms with van der Waals surface area (Å²) in [6.07, 6.45) is 1.79. The molecule has 0 aliphatic carbocycles. The Hall–Kier alpha value is -2.66. The van der Waals surface area contributed by atoms with E-state index in [1.165, 1.54) is 4.68 Å². The van der Waals surface area contributed by atoms with Gasteiger partial charge in [0.25, 0.3) is 5.91 Å². The Morgan fingerprint density at radius 2 is 1.77 bits per heavy atom. The molecule has 22 heavy (non-hydrogen) atoms. The minimum absolute atomic E-state index is 0.187. The minimum atomic E-state index is -0.187. The summed E-state index contributed by atoms with van der Waals surface area (Å²) in [5.74, 6) is -0.187. The lowest BCUT2D eigenvalue weighted by molar-refractivity contribution is 0.101. The minimum Gasteiger partial charge on any atom is -0.329 e. The second-order valence-electron chi connectivity index (χ2n) is 4.96. The van der Waals surface area contributed by atoms with Gasteiger partial charge < -0.3 is 4.98 Å². The van der Waals surface area contributed by atoms with Crippen LogP contribution in [0.3, 0.4) is 0 Å². The van der Waals surface area contributed by atoms with Crippen LogP contribution < -0.4 is 5.43 Å². The Bertz CT molecular complexity index is 865. The number of benzene rings is 2. The van der Waals surface area contributed by atoms with Crippen molar-refractivity contribution in [2.24, 2.45) is 0 Å². The van der Waals surface area contributed by atoms with Gasteiger partial charge in [-0.05, 0) is 36.3 Å². The Labute approximate surface area is 133 Å². The molecule has 0 atom stereocenters. The highest BCUT2D eigenvalue weighted by molar-refractivity contribution is 7.71. The molecular formula is C17H15N3OS. The first-order valence-corrected chi connectivity index (χ1v) is 7.30. The molecule has 1 heterocycles. The van der Waals surface area contributed by atoms with Gasteiger partial charge in [0.05, 0.1) is 11.9 Å². The fourth-order valence-electron chi connectivity index (χ4n) is 2.24. The molecule has 0 spiro atoms. The molecule has 3 rings (SSSR count). The van der Waals surface area contributed by atoms with Crippen molar-refractivity contribution in [1.29, 1.82) is 0 Å². The SMILES string of the molecule is Cc1ccccc1C(=O)Nn1cc(-c2ccccc2)[nH]c1=S. The zero-order valence-corrected chi connectivity index (χ0v) is 12.9. The molecule has 3 aromatic rings. The van der Waals surface area contributed by atoms with E-state index in [0.29, 0.717) is 10.3 Å². The maximum atomic E-state index is 12.3. The number of amides is 1. The number of nitrogens with zero attached hydrogens (tertiary/aromatic N) is 1. The maximum absolute atomic E-state index is 12.3. The van der Waals surface area contributed by atoms with Gasteiger partial charge in [0.1, 0.15) is 0 Å². The summed E-state index contributed by atoms with van der Waals surface area (Å²) in [6, 6.07) is 17.3. The molecule has 1 amide bonds. The number of H-pyrrole nitrogens is 1. The van der Waals surface area contributed by atoms with Crippen LogP contribution in [0.1, 0.15) is 15.9 Å². The van der Waals surface area contributed by atoms with Crippen LogP contribution in [-0.4, -0.2) is 15.6 Å². The third-order valence-electron chi connectivity index (χ3n) is 3.42. The van der Waals surface area contributed by atoms with Crippen LogP contribution in [0.15, 0.2) is 60.8 Å². The van der Waals surface area contributed by atoms with Crippen LogP contribution in [0.25, 0.3) is 11.3 Å². The smallest absolute Gasteiger partial charge is 0.270 e. The van der Waals surface area contributed by atoms with Gasteiger partial charge in [0.2, 0.25) is 0 Å². The standard InChI is InChI=1S/C17H15N3OS/c1-12-7-5-6-10-14(12)16(21)19-20-11-15(18-17(20)22)13-8-3-2-4-9-13/h2-11H,1H3,(H,18,22)(H,19,21). The number of aryl methyl sites for hydroxylation is 1. The van der Waals surface area contributed by atoms with Crippen molar-refractivity contribution in [3.63, 3.8) is 0 Å². The number of imidazole rings is 1. The fourth-order valence-corrected chi connectivity index (χ4v) is 2.45. The molecule has 1 aromatic heterocycles. The molecule has 4 nitrogen and oxygen atoms in total. The molecule has 0 saturated carbocycles. The number of nitrogens with one attached hydrogen (secondary N) is 2. The van der Waals surface area contributed by atoms with E-state index < -0.39 is 0 Å². The summed E-state index contributed by atoms with van der Waals surface area (Å²) in [4.78, 5) is 15.4. The molecule has 2 aromatic carbocycles. The van der Waals surface area contributed by atoms with Crippen LogP contribution >= 0.6 is 12.2 Å². The summed E-state index contributed by atoms with van der Waals surface area (Å²) in [6.45, 7) is 1.90. The van der Waals surface area contributed by atoms with E-state index in [1.54, 1.807) is 12.3 Å². The number of carbonyl (C=O) groups is 1. The molecule has 5 heteroatoms. The number of aromatic nitrogens is 2. The van der Waals surface area contributed by atoms with Crippen molar-refractivity contribution < 1.29 is 4.79 Å². The van der Waals surface area contributed by atoms with Crippen LogP contribution in [-0.2, 0) is 0 Å². The molecule has 0 saturated heterocycles. The highest BCUT2D eigenvalue weighted by Crippen LogP contribution is 2.16. The average Bonchev–Trinajstić information content (AvgIpc) is 2.89. The second kappa shape index (κ2) is 5.99. The maximum Gasteiger partial charge on any atom is 0.270 e. The molecule has 0 fully saturated rings. The summed E-state index contributed by atoms with van der Waals surface area (Å²) in [5, 5.41) is 0. The summed E-state index contributed by atoms with van der Waals surface area (Å²) < 4.78 is 1.98. The molecule has 110 valence electrons. The Kier molecular flexibility index (Phi) is 3.89. The van der Waals surface area contributed by atoms with E-state index in [-0.39, 0.29) is 5.91 Å². The predicted molar refractivity (Wildman–Crippen MR) is 89.9 cm³/mol. The van der Waals surface area contributed by atoms with Gasteiger partial charge in [0, 0.05) is 5.56 Å². The number of hydrogen-bond acceptors (Lipinski definition) is 2. The van der Waals surface area contributed by atoms with Crippen molar-refractivity contribution in [1.82, 2.24) is 9.66 Å². The molecular weight excluding hydrogens is 294 g/mol. The van der Waals surface area contributed by atoms with E-state index in [1.807, 2.05) is 55.5 Å². The first-order valence-electron chi connectivity index (χ1n) is 6.89. The van der Waals surface area contributed by atoms with E-state index in [0.717, 1.165) is 16.8 Å². The first-order chi connectivity index (χ1) is 10.6. The predicted octanol–water partition coefficient (Wildman–Crippen LogP) is 3.91. The molecule has 0 aliphatic rings. The zero-order valence-electron chi connectivity index (χ0n) is 12.0. The van der Waals surface area contributed by atoms with Gasteiger partial charge in [-0.15, -0.1) is 0 Å². The van der Waals surface area contributed by atoms with Gasteiger partial charge in [-0.1, -0.05) is 48.5 Å². The zero-order chi connectivity index (χ0) is 15.5. The molecule has 0 unspecified atom stereocenters. The van der Waals surface area contributed by atoms with Crippen molar-refractivity contribution in [2.75, 3.05) is 5.43 Å². The van der Waals surface area contributed by atoms with E-state index in [2.05, 4.69) is 10.4 Å². The number of hydrogen-bond donors (Lipinski definition) is 2. The van der Waals surface area contributed by atoms with Crippen molar-refractivity contribution in [3.05, 3.63) is 76.7 Å². The lowest BCUT2D eigenvalue weighted by atomic mass is 10.1. The monoisotopic (exact) mass is 309 g/mol. The van der Waals surface area contributed by atoms with Gasteiger partial charge in [-0.25, -0.2) is 4.68 Å².